The molecule has 2 aromatic rings. The van der Waals surface area contributed by atoms with E-state index in [0.29, 0.717) is 28.8 Å². The summed E-state index contributed by atoms with van der Waals surface area (Å²) in [5, 5.41) is 4.01. The zero-order valence-electron chi connectivity index (χ0n) is 16.6. The third kappa shape index (κ3) is 3.98. The fraction of sp³-hybridized carbons (Fsp3) is 0.476. The van der Waals surface area contributed by atoms with E-state index in [4.69, 9.17) is 21.6 Å². The monoisotopic (exact) mass is 399 g/mol. The van der Waals surface area contributed by atoms with E-state index in [2.05, 4.69) is 36.0 Å². The maximum atomic E-state index is 12.9. The third-order valence-corrected chi connectivity index (χ3v) is 5.68. The lowest BCUT2D eigenvalue weighted by Gasteiger charge is -2.35. The molecule has 1 N–H and O–H groups in total. The average molecular weight is 400 g/mol. The molecule has 0 unspecified atom stereocenters. The number of Topliss-reactive ketones (excluding diaryl/α,β-unsaturated/α-hetero) is 1. The Kier molecular flexibility index (Phi) is 5.02. The first-order chi connectivity index (χ1) is 13.3. The van der Waals surface area contributed by atoms with Gasteiger partial charge in [-0.15, -0.1) is 0 Å². The number of benzene rings is 1. The molecule has 4 rings (SSSR count). The van der Waals surface area contributed by atoms with E-state index in [1.165, 1.54) is 0 Å². The molecule has 0 saturated carbocycles. The molecule has 1 saturated heterocycles. The van der Waals surface area contributed by atoms with Crippen LogP contribution in [-0.2, 0) is 6.42 Å². The summed E-state index contributed by atoms with van der Waals surface area (Å²) >= 11 is 6.00. The maximum absolute atomic E-state index is 12.9. The van der Waals surface area contributed by atoms with Crippen LogP contribution in [0.3, 0.4) is 0 Å². The van der Waals surface area contributed by atoms with Crippen LogP contribution in [-0.4, -0.2) is 53.9 Å². The van der Waals surface area contributed by atoms with Gasteiger partial charge in [0.1, 0.15) is 5.82 Å². The van der Waals surface area contributed by atoms with Crippen molar-refractivity contribution in [3.63, 3.8) is 0 Å². The van der Waals surface area contributed by atoms with Gasteiger partial charge in [0.15, 0.2) is 5.78 Å². The molecule has 1 aliphatic heterocycles. The highest BCUT2D eigenvalue weighted by Crippen LogP contribution is 2.38. The number of nitrogens with one attached hydrogen (secondary N) is 1. The van der Waals surface area contributed by atoms with Gasteiger partial charge in [-0.3, -0.25) is 4.79 Å². The van der Waals surface area contributed by atoms with Gasteiger partial charge in [0.05, 0.1) is 11.3 Å². The number of carbonyl (C=O) groups excluding carboxylic acids is 1. The number of nitrogens with zero attached hydrogens (tertiary/aromatic N) is 4. The van der Waals surface area contributed by atoms with Crippen LogP contribution in [0.2, 0.25) is 5.02 Å². The summed E-state index contributed by atoms with van der Waals surface area (Å²) in [6, 6.07) is 7.43. The van der Waals surface area contributed by atoms with Crippen molar-refractivity contribution in [1.29, 1.82) is 0 Å². The minimum absolute atomic E-state index is 0.0879. The van der Waals surface area contributed by atoms with E-state index in [0.717, 1.165) is 44.0 Å². The number of ketones is 1. The smallest absolute Gasteiger partial charge is 0.227 e. The van der Waals surface area contributed by atoms with Crippen molar-refractivity contribution in [3.8, 4) is 0 Å². The van der Waals surface area contributed by atoms with E-state index in [1.54, 1.807) is 0 Å². The molecule has 0 bridgehead atoms. The second-order valence-electron chi connectivity index (χ2n) is 8.56. The Hall–Kier alpha value is -2.18. The van der Waals surface area contributed by atoms with Crippen LogP contribution >= 0.6 is 11.6 Å². The average Bonchev–Trinajstić information content (AvgIpc) is 2.62. The number of hydrogen-bond acceptors (Lipinski definition) is 6. The van der Waals surface area contributed by atoms with Crippen molar-refractivity contribution in [3.05, 3.63) is 40.5 Å². The molecule has 6 nitrogen and oxygen atoms in total. The molecule has 7 heteroatoms. The lowest BCUT2D eigenvalue weighted by Crippen LogP contribution is -2.45. The largest absolute Gasteiger partial charge is 0.339 e. The van der Waals surface area contributed by atoms with E-state index in [1.807, 2.05) is 24.3 Å². The molecule has 0 spiro atoms. The number of aromatic nitrogens is 2. The second kappa shape index (κ2) is 7.33. The zero-order valence-corrected chi connectivity index (χ0v) is 17.4. The second-order valence-corrected chi connectivity index (χ2v) is 8.99. The Labute approximate surface area is 170 Å². The molecule has 2 aliphatic rings. The maximum Gasteiger partial charge on any atom is 0.227 e. The lowest BCUT2D eigenvalue weighted by atomic mass is 9.75. The summed E-state index contributed by atoms with van der Waals surface area (Å²) in [5.74, 6) is 1.41. The minimum atomic E-state index is -0.0879. The van der Waals surface area contributed by atoms with E-state index in [9.17, 15) is 4.79 Å². The molecule has 148 valence electrons. The first kappa shape index (κ1) is 19.2. The molecule has 0 amide bonds. The summed E-state index contributed by atoms with van der Waals surface area (Å²) in [7, 11) is 2.12. The van der Waals surface area contributed by atoms with Crippen LogP contribution in [0.15, 0.2) is 24.3 Å². The minimum Gasteiger partial charge on any atom is -0.339 e. The van der Waals surface area contributed by atoms with Crippen molar-refractivity contribution in [1.82, 2.24) is 14.9 Å². The van der Waals surface area contributed by atoms with Gasteiger partial charge in [0.25, 0.3) is 0 Å². The van der Waals surface area contributed by atoms with Crippen molar-refractivity contribution in [2.24, 2.45) is 5.41 Å². The van der Waals surface area contributed by atoms with E-state index >= 15 is 0 Å². The molecule has 2 heterocycles. The van der Waals surface area contributed by atoms with Gasteiger partial charge in [-0.05, 0) is 43.1 Å². The van der Waals surface area contributed by atoms with Crippen LogP contribution in [0.5, 0.6) is 0 Å². The zero-order chi connectivity index (χ0) is 19.9. The number of fused-ring (bicyclic) bond motifs is 1. The summed E-state index contributed by atoms with van der Waals surface area (Å²) in [6.45, 7) is 7.96. The van der Waals surface area contributed by atoms with Gasteiger partial charge in [0, 0.05) is 43.3 Å². The van der Waals surface area contributed by atoms with Crippen molar-refractivity contribution >= 4 is 34.8 Å². The lowest BCUT2D eigenvalue weighted by molar-refractivity contribution is 0.0911. The Morgan fingerprint density at radius 3 is 2.39 bits per heavy atom. The predicted molar refractivity (Wildman–Crippen MR) is 113 cm³/mol. The number of piperazine rings is 1. The fourth-order valence-corrected chi connectivity index (χ4v) is 3.99. The molecule has 28 heavy (non-hydrogen) atoms. The number of carbonyl (C=O) groups is 1. The Balaban J connectivity index is 1.75. The van der Waals surface area contributed by atoms with Crippen LogP contribution in [0.4, 0.5) is 17.5 Å². The first-order valence-electron chi connectivity index (χ1n) is 9.71. The SMILES string of the molecule is CN1CCN(c2nc3c(c(Nc4ccc(Cl)cc4)n2)C(=O)CC(C)(C)C3)CC1. The van der Waals surface area contributed by atoms with Crippen molar-refractivity contribution < 1.29 is 4.79 Å². The molecule has 0 atom stereocenters. The number of likely N-dealkylation sites (N-methyl/N-ethyl adjacent to an activating group) is 1. The Morgan fingerprint density at radius 1 is 1.04 bits per heavy atom. The molecule has 1 fully saturated rings. The third-order valence-electron chi connectivity index (χ3n) is 5.43. The van der Waals surface area contributed by atoms with Crippen molar-refractivity contribution in [2.45, 2.75) is 26.7 Å². The molecule has 1 aromatic heterocycles. The normalized spacial score (nSPS) is 19.4. The molecule has 1 aromatic carbocycles. The van der Waals surface area contributed by atoms with E-state index in [-0.39, 0.29) is 11.2 Å². The highest BCUT2D eigenvalue weighted by Gasteiger charge is 2.35. The van der Waals surface area contributed by atoms with Gasteiger partial charge in [0.2, 0.25) is 5.95 Å². The number of anilines is 3. The highest BCUT2D eigenvalue weighted by atomic mass is 35.5. The van der Waals surface area contributed by atoms with Crippen LogP contribution < -0.4 is 10.2 Å². The van der Waals surface area contributed by atoms with Gasteiger partial charge >= 0.3 is 0 Å². The molecule has 1 aliphatic carbocycles. The predicted octanol–water partition coefficient (Wildman–Crippen LogP) is 3.78. The summed E-state index contributed by atoms with van der Waals surface area (Å²) < 4.78 is 0. The number of halogens is 1. The molecular weight excluding hydrogens is 374 g/mol. The highest BCUT2D eigenvalue weighted by molar-refractivity contribution is 6.30. The standard InChI is InChI=1S/C21H26ClN5O/c1-21(2)12-16-18(17(28)13-21)19(23-15-6-4-14(22)5-7-15)25-20(24-16)27-10-8-26(3)9-11-27/h4-7H,8-13H2,1-3H3,(H,23,24,25). The topological polar surface area (TPSA) is 61.4 Å². The quantitative estimate of drug-likeness (QED) is 0.847. The van der Waals surface area contributed by atoms with Crippen LogP contribution in [0.25, 0.3) is 0 Å². The first-order valence-corrected chi connectivity index (χ1v) is 10.1. The van der Waals surface area contributed by atoms with Crippen molar-refractivity contribution in [2.75, 3.05) is 43.4 Å². The molecular formula is C21H26ClN5O. The summed E-state index contributed by atoms with van der Waals surface area (Å²) in [5.41, 5.74) is 2.25. The summed E-state index contributed by atoms with van der Waals surface area (Å²) in [4.78, 5) is 27.1. The van der Waals surface area contributed by atoms with Gasteiger partial charge in [-0.1, -0.05) is 25.4 Å². The summed E-state index contributed by atoms with van der Waals surface area (Å²) in [6.07, 6.45) is 1.28. The Bertz CT molecular complexity index is 888. The fourth-order valence-electron chi connectivity index (χ4n) is 3.86. The number of hydrogen-bond donors (Lipinski definition) is 1. The van der Waals surface area contributed by atoms with Crippen LogP contribution in [0.1, 0.15) is 36.3 Å². The molecule has 0 radical (unpaired) electrons. The van der Waals surface area contributed by atoms with E-state index < -0.39 is 0 Å². The number of rotatable bonds is 3. The Morgan fingerprint density at radius 2 is 1.71 bits per heavy atom. The van der Waals surface area contributed by atoms with Crippen LogP contribution in [0, 0.1) is 5.41 Å². The van der Waals surface area contributed by atoms with Gasteiger partial charge in [-0.25, -0.2) is 4.98 Å². The van der Waals surface area contributed by atoms with Gasteiger partial charge < -0.3 is 15.1 Å². The van der Waals surface area contributed by atoms with Gasteiger partial charge in [-0.2, -0.15) is 4.98 Å².